The number of likely N-dealkylation sites (tertiary alicyclic amines) is 1. The molecule has 0 aromatic rings. The molecule has 1 saturated heterocycles. The van der Waals surface area contributed by atoms with Crippen LogP contribution in [0, 0.1) is 0 Å². The first-order chi connectivity index (χ1) is 13.2. The van der Waals surface area contributed by atoms with E-state index in [4.69, 9.17) is 4.74 Å². The first-order valence-electron chi connectivity index (χ1n) is 10.9. The van der Waals surface area contributed by atoms with Crippen molar-refractivity contribution >= 4 is 11.9 Å². The van der Waals surface area contributed by atoms with E-state index in [-0.39, 0.29) is 11.9 Å². The molecule has 4 nitrogen and oxygen atoms in total. The minimum atomic E-state index is -0.305. The molecule has 0 bridgehead atoms. The maximum absolute atomic E-state index is 11.1. The number of amides is 1. The van der Waals surface area contributed by atoms with E-state index < -0.39 is 0 Å². The fourth-order valence-corrected chi connectivity index (χ4v) is 3.02. The molecule has 27 heavy (non-hydrogen) atoms. The van der Waals surface area contributed by atoms with Crippen LogP contribution < -0.4 is 0 Å². The summed E-state index contributed by atoms with van der Waals surface area (Å²) in [7, 11) is 0. The Hall–Kier alpha value is -1.58. The van der Waals surface area contributed by atoms with Crippen LogP contribution in [0.15, 0.2) is 25.4 Å². The molecule has 0 atom stereocenters. The minimum absolute atomic E-state index is 0.229. The lowest BCUT2D eigenvalue weighted by Gasteiger charge is -2.13. The maximum atomic E-state index is 11.1. The Balaban J connectivity index is 0.000000569. The van der Waals surface area contributed by atoms with Crippen molar-refractivity contribution < 1.29 is 14.3 Å². The van der Waals surface area contributed by atoms with Gasteiger partial charge in [0.25, 0.3) is 0 Å². The topological polar surface area (TPSA) is 46.6 Å². The van der Waals surface area contributed by atoms with Crippen molar-refractivity contribution in [2.75, 3.05) is 13.2 Å². The van der Waals surface area contributed by atoms with Crippen LogP contribution in [0.3, 0.4) is 0 Å². The van der Waals surface area contributed by atoms with Crippen molar-refractivity contribution in [2.45, 2.75) is 96.8 Å². The van der Waals surface area contributed by atoms with Gasteiger partial charge >= 0.3 is 5.97 Å². The molecule has 0 saturated carbocycles. The standard InChI is InChI=1S/C15H28O2.C8H13NO/c1-3-5-6-7-8-9-10-11-12-13-14-17-15(16)4-2;1-2-9-7-5-3-4-6-8(9)10/h4H,2-3,5-14H2,1H3;2H,1,3-7H2. The number of carbonyl (C=O) groups is 2. The molecular weight excluding hydrogens is 338 g/mol. The van der Waals surface area contributed by atoms with E-state index in [1.165, 1.54) is 70.3 Å². The largest absolute Gasteiger partial charge is 0.463 e. The number of nitrogens with zero attached hydrogens (tertiary/aromatic N) is 1. The molecule has 4 heteroatoms. The summed E-state index contributed by atoms with van der Waals surface area (Å²) in [5, 5.41) is 0. The van der Waals surface area contributed by atoms with Crippen LogP contribution in [0.25, 0.3) is 0 Å². The first-order valence-corrected chi connectivity index (χ1v) is 10.9. The summed E-state index contributed by atoms with van der Waals surface area (Å²) < 4.78 is 4.91. The Labute approximate surface area is 167 Å². The quantitative estimate of drug-likeness (QED) is 0.218. The monoisotopic (exact) mass is 379 g/mol. The number of esters is 1. The molecule has 0 aromatic heterocycles. The minimum Gasteiger partial charge on any atom is -0.463 e. The van der Waals surface area contributed by atoms with Crippen LogP contribution in [0.5, 0.6) is 0 Å². The predicted octanol–water partition coefficient (Wildman–Crippen LogP) is 6.17. The lowest BCUT2D eigenvalue weighted by Crippen LogP contribution is -2.23. The van der Waals surface area contributed by atoms with Crippen LogP contribution in [0.1, 0.15) is 96.8 Å². The number of unbranched alkanes of at least 4 members (excludes halogenated alkanes) is 9. The second kappa shape index (κ2) is 19.2. The zero-order valence-corrected chi connectivity index (χ0v) is 17.6. The van der Waals surface area contributed by atoms with Crippen LogP contribution in [-0.2, 0) is 14.3 Å². The molecule has 156 valence electrons. The molecule has 0 aliphatic carbocycles. The van der Waals surface area contributed by atoms with Crippen molar-refractivity contribution in [1.82, 2.24) is 4.90 Å². The molecule has 1 heterocycles. The van der Waals surface area contributed by atoms with Gasteiger partial charge in [-0.3, -0.25) is 4.79 Å². The van der Waals surface area contributed by atoms with Gasteiger partial charge in [-0.15, -0.1) is 0 Å². The van der Waals surface area contributed by atoms with Gasteiger partial charge in [-0.1, -0.05) is 84.3 Å². The second-order valence-electron chi connectivity index (χ2n) is 7.13. The number of ether oxygens (including phenoxy) is 1. The lowest BCUT2D eigenvalue weighted by atomic mass is 10.1. The second-order valence-corrected chi connectivity index (χ2v) is 7.13. The van der Waals surface area contributed by atoms with Crippen molar-refractivity contribution in [2.24, 2.45) is 0 Å². The van der Waals surface area contributed by atoms with E-state index in [1.54, 1.807) is 11.1 Å². The highest BCUT2D eigenvalue weighted by Crippen LogP contribution is 2.11. The normalized spacial score (nSPS) is 14.0. The Kier molecular flexibility index (Phi) is 18.1. The van der Waals surface area contributed by atoms with Gasteiger partial charge in [0.2, 0.25) is 5.91 Å². The SMILES string of the molecule is C=CC(=O)OCCCCCCCCCCCC.C=CN1CCCCCC1=O. The third-order valence-corrected chi connectivity index (χ3v) is 4.74. The van der Waals surface area contributed by atoms with E-state index >= 15 is 0 Å². The van der Waals surface area contributed by atoms with Crippen LogP contribution in [-0.4, -0.2) is 29.9 Å². The number of carbonyl (C=O) groups excluding carboxylic acids is 2. The van der Waals surface area contributed by atoms with Gasteiger partial charge in [0, 0.05) is 19.0 Å². The highest BCUT2D eigenvalue weighted by atomic mass is 16.5. The van der Waals surface area contributed by atoms with Gasteiger partial charge < -0.3 is 9.64 Å². The van der Waals surface area contributed by atoms with Gasteiger partial charge in [0.1, 0.15) is 0 Å². The van der Waals surface area contributed by atoms with Gasteiger partial charge in [-0.25, -0.2) is 4.79 Å². The number of hydrogen-bond acceptors (Lipinski definition) is 3. The van der Waals surface area contributed by atoms with E-state index in [0.29, 0.717) is 13.0 Å². The summed E-state index contributed by atoms with van der Waals surface area (Å²) in [5.41, 5.74) is 0. The van der Waals surface area contributed by atoms with Crippen molar-refractivity contribution in [3.8, 4) is 0 Å². The summed E-state index contributed by atoms with van der Waals surface area (Å²) in [6, 6.07) is 0. The van der Waals surface area contributed by atoms with Gasteiger partial charge in [0.15, 0.2) is 0 Å². The fraction of sp³-hybridized carbons (Fsp3) is 0.739. The smallest absolute Gasteiger partial charge is 0.330 e. The Morgan fingerprint density at radius 3 is 2.11 bits per heavy atom. The predicted molar refractivity (Wildman–Crippen MR) is 113 cm³/mol. The Bertz CT molecular complexity index is 406. The zero-order valence-electron chi connectivity index (χ0n) is 17.6. The molecule has 0 aromatic carbocycles. The molecule has 0 unspecified atom stereocenters. The first kappa shape index (κ1) is 25.4. The molecule has 0 N–H and O–H groups in total. The van der Waals surface area contributed by atoms with E-state index in [1.807, 2.05) is 0 Å². The van der Waals surface area contributed by atoms with Gasteiger partial charge in [-0.05, 0) is 25.5 Å². The number of rotatable bonds is 13. The number of hydrogen-bond donors (Lipinski definition) is 0. The van der Waals surface area contributed by atoms with Crippen LogP contribution in [0.4, 0.5) is 0 Å². The lowest BCUT2D eigenvalue weighted by molar-refractivity contribution is -0.137. The van der Waals surface area contributed by atoms with Gasteiger partial charge in [0.05, 0.1) is 6.61 Å². The molecule has 1 aliphatic rings. The summed E-state index contributed by atoms with van der Waals surface area (Å²) in [6.45, 7) is 10.6. The molecule has 1 rings (SSSR count). The third-order valence-electron chi connectivity index (χ3n) is 4.74. The molecule has 0 radical (unpaired) electrons. The fourth-order valence-electron chi connectivity index (χ4n) is 3.02. The summed E-state index contributed by atoms with van der Waals surface area (Å²) in [5.74, 6) is -0.0755. The molecule has 1 aliphatic heterocycles. The molecule has 0 spiro atoms. The van der Waals surface area contributed by atoms with Crippen molar-refractivity contribution in [3.63, 3.8) is 0 Å². The molecular formula is C23H41NO3. The molecule has 1 fully saturated rings. The van der Waals surface area contributed by atoms with Crippen molar-refractivity contribution in [1.29, 1.82) is 0 Å². The Morgan fingerprint density at radius 2 is 1.56 bits per heavy atom. The zero-order chi connectivity index (χ0) is 20.2. The van der Waals surface area contributed by atoms with E-state index in [2.05, 4.69) is 20.1 Å². The Morgan fingerprint density at radius 1 is 0.963 bits per heavy atom. The van der Waals surface area contributed by atoms with E-state index in [0.717, 1.165) is 25.8 Å². The van der Waals surface area contributed by atoms with Crippen LogP contribution in [0.2, 0.25) is 0 Å². The molecule has 1 amide bonds. The average molecular weight is 380 g/mol. The highest BCUT2D eigenvalue weighted by Gasteiger charge is 2.12. The highest BCUT2D eigenvalue weighted by molar-refractivity contribution is 5.81. The van der Waals surface area contributed by atoms with Gasteiger partial charge in [-0.2, -0.15) is 0 Å². The summed E-state index contributed by atoms with van der Waals surface area (Å²) in [4.78, 5) is 23.5. The summed E-state index contributed by atoms with van der Waals surface area (Å²) in [6.07, 6.45) is 19.9. The van der Waals surface area contributed by atoms with Crippen molar-refractivity contribution in [3.05, 3.63) is 25.4 Å². The third kappa shape index (κ3) is 16.3. The van der Waals surface area contributed by atoms with Crippen LogP contribution >= 0.6 is 0 Å². The average Bonchev–Trinajstić information content (AvgIpc) is 2.90. The maximum Gasteiger partial charge on any atom is 0.330 e. The van der Waals surface area contributed by atoms with E-state index in [9.17, 15) is 9.59 Å². The summed E-state index contributed by atoms with van der Waals surface area (Å²) >= 11 is 0.